The van der Waals surface area contributed by atoms with Crippen molar-refractivity contribution in [1.29, 1.82) is 0 Å². The number of nitrogens with one attached hydrogen (secondary N) is 1. The minimum Gasteiger partial charge on any atom is -0.384 e. The Morgan fingerprint density at radius 2 is 2.00 bits per heavy atom. The zero-order valence-corrected chi connectivity index (χ0v) is 10.7. The van der Waals surface area contributed by atoms with Gasteiger partial charge in [0.2, 0.25) is 0 Å². The smallest absolute Gasteiger partial charge is 0.103 e. The van der Waals surface area contributed by atoms with Crippen LogP contribution in [0.25, 0.3) is 0 Å². The van der Waals surface area contributed by atoms with Gasteiger partial charge in [0.25, 0.3) is 0 Å². The summed E-state index contributed by atoms with van der Waals surface area (Å²) in [5.41, 5.74) is 0.381. The van der Waals surface area contributed by atoms with Gasteiger partial charge in [0.15, 0.2) is 0 Å². The predicted octanol–water partition coefficient (Wildman–Crippen LogP) is 2.37. The van der Waals surface area contributed by atoms with Crippen LogP contribution >= 0.6 is 11.8 Å². The molecule has 16 heavy (non-hydrogen) atoms. The Hall–Kier alpha value is -0.510. The standard InChI is InChI=1S/C13H19NOS/c1-10(2)16-12-5-3-11(4-6-12)13(15)7-8-14-9-13/h3-6,10,14-15H,7-9H2,1-2H3. The summed E-state index contributed by atoms with van der Waals surface area (Å²) in [5.74, 6) is 0. The lowest BCUT2D eigenvalue weighted by molar-refractivity contribution is 0.0587. The summed E-state index contributed by atoms with van der Waals surface area (Å²) in [5, 5.41) is 14.2. The van der Waals surface area contributed by atoms with Crippen LogP contribution in [-0.4, -0.2) is 23.4 Å². The number of rotatable bonds is 3. The van der Waals surface area contributed by atoms with Crippen molar-refractivity contribution in [2.24, 2.45) is 0 Å². The van der Waals surface area contributed by atoms with Gasteiger partial charge in [-0.05, 0) is 30.7 Å². The summed E-state index contributed by atoms with van der Waals surface area (Å²) in [6, 6.07) is 8.32. The van der Waals surface area contributed by atoms with Gasteiger partial charge in [0, 0.05) is 16.7 Å². The molecule has 1 atom stereocenters. The van der Waals surface area contributed by atoms with Crippen molar-refractivity contribution in [1.82, 2.24) is 5.32 Å². The lowest BCUT2D eigenvalue weighted by Crippen LogP contribution is -2.28. The van der Waals surface area contributed by atoms with E-state index in [9.17, 15) is 5.11 Å². The van der Waals surface area contributed by atoms with Crippen molar-refractivity contribution in [3.05, 3.63) is 29.8 Å². The Morgan fingerprint density at radius 3 is 2.50 bits per heavy atom. The average Bonchev–Trinajstić information content (AvgIpc) is 2.66. The highest BCUT2D eigenvalue weighted by Gasteiger charge is 2.32. The third kappa shape index (κ3) is 2.59. The van der Waals surface area contributed by atoms with Crippen LogP contribution in [0.2, 0.25) is 0 Å². The van der Waals surface area contributed by atoms with Crippen molar-refractivity contribution >= 4 is 11.8 Å². The quantitative estimate of drug-likeness (QED) is 0.792. The van der Waals surface area contributed by atoms with Gasteiger partial charge in [0.05, 0.1) is 0 Å². The summed E-state index contributed by atoms with van der Waals surface area (Å²) < 4.78 is 0. The molecule has 1 heterocycles. The maximum atomic E-state index is 10.4. The molecule has 1 aliphatic heterocycles. The molecule has 1 unspecified atom stereocenters. The van der Waals surface area contributed by atoms with E-state index in [0.717, 1.165) is 18.5 Å². The Morgan fingerprint density at radius 1 is 1.31 bits per heavy atom. The van der Waals surface area contributed by atoms with Crippen molar-refractivity contribution in [3.63, 3.8) is 0 Å². The van der Waals surface area contributed by atoms with Gasteiger partial charge < -0.3 is 10.4 Å². The lowest BCUT2D eigenvalue weighted by Gasteiger charge is -2.22. The number of thioether (sulfide) groups is 1. The van der Waals surface area contributed by atoms with Gasteiger partial charge in [0.1, 0.15) is 5.60 Å². The zero-order valence-electron chi connectivity index (χ0n) is 9.86. The number of benzene rings is 1. The molecule has 0 bridgehead atoms. The second-order valence-electron chi connectivity index (χ2n) is 4.65. The molecule has 1 saturated heterocycles. The molecular weight excluding hydrogens is 218 g/mol. The predicted molar refractivity (Wildman–Crippen MR) is 68.8 cm³/mol. The third-order valence-corrected chi connectivity index (χ3v) is 3.91. The monoisotopic (exact) mass is 237 g/mol. The van der Waals surface area contributed by atoms with E-state index >= 15 is 0 Å². The molecule has 0 aliphatic carbocycles. The van der Waals surface area contributed by atoms with Crippen LogP contribution < -0.4 is 5.32 Å². The fourth-order valence-corrected chi connectivity index (χ4v) is 2.88. The number of hydrogen-bond donors (Lipinski definition) is 2. The highest BCUT2D eigenvalue weighted by molar-refractivity contribution is 7.99. The van der Waals surface area contributed by atoms with Gasteiger partial charge in [-0.15, -0.1) is 11.8 Å². The molecule has 1 fully saturated rings. The minimum atomic E-state index is -0.652. The van der Waals surface area contributed by atoms with E-state index in [2.05, 4.69) is 43.4 Å². The van der Waals surface area contributed by atoms with E-state index in [1.165, 1.54) is 4.90 Å². The van der Waals surface area contributed by atoms with Gasteiger partial charge in [-0.2, -0.15) is 0 Å². The highest BCUT2D eigenvalue weighted by Crippen LogP contribution is 2.30. The molecule has 2 nitrogen and oxygen atoms in total. The van der Waals surface area contributed by atoms with Crippen molar-refractivity contribution in [2.75, 3.05) is 13.1 Å². The first kappa shape index (κ1) is 12.0. The average molecular weight is 237 g/mol. The van der Waals surface area contributed by atoms with E-state index in [1.54, 1.807) is 0 Å². The summed E-state index contributed by atoms with van der Waals surface area (Å²) >= 11 is 1.85. The largest absolute Gasteiger partial charge is 0.384 e. The molecule has 0 spiro atoms. The lowest BCUT2D eigenvalue weighted by atomic mass is 9.93. The van der Waals surface area contributed by atoms with Crippen LogP contribution in [0.1, 0.15) is 25.8 Å². The first-order valence-electron chi connectivity index (χ1n) is 5.80. The van der Waals surface area contributed by atoms with E-state index in [4.69, 9.17) is 0 Å². The van der Waals surface area contributed by atoms with Crippen LogP contribution in [0, 0.1) is 0 Å². The maximum absolute atomic E-state index is 10.4. The van der Waals surface area contributed by atoms with Crippen molar-refractivity contribution in [2.45, 2.75) is 36.0 Å². The number of β-amino-alcohol motifs (C(OH)–C–C–N with tert-alkyl or cyclic N) is 1. The molecule has 0 amide bonds. The Labute approximate surface area is 101 Å². The fourth-order valence-electron chi connectivity index (χ4n) is 2.04. The first-order valence-corrected chi connectivity index (χ1v) is 6.68. The molecule has 2 rings (SSSR count). The van der Waals surface area contributed by atoms with Crippen molar-refractivity contribution < 1.29 is 5.11 Å². The molecule has 2 N–H and O–H groups in total. The van der Waals surface area contributed by atoms with Crippen LogP contribution in [0.5, 0.6) is 0 Å². The molecule has 1 aromatic carbocycles. The third-order valence-electron chi connectivity index (χ3n) is 2.90. The van der Waals surface area contributed by atoms with Gasteiger partial charge >= 0.3 is 0 Å². The first-order chi connectivity index (χ1) is 7.60. The SMILES string of the molecule is CC(C)Sc1ccc(C2(O)CCNC2)cc1. The van der Waals surface area contributed by atoms with Gasteiger partial charge in [-0.25, -0.2) is 0 Å². The van der Waals surface area contributed by atoms with Gasteiger partial charge in [-0.1, -0.05) is 26.0 Å². The normalized spacial score (nSPS) is 25.2. The molecular formula is C13H19NOS. The van der Waals surface area contributed by atoms with Crippen molar-refractivity contribution in [3.8, 4) is 0 Å². The second kappa shape index (κ2) is 4.78. The van der Waals surface area contributed by atoms with Crippen LogP contribution in [0.3, 0.4) is 0 Å². The Balaban J connectivity index is 2.12. The van der Waals surface area contributed by atoms with Crippen LogP contribution in [0.15, 0.2) is 29.2 Å². The molecule has 88 valence electrons. The Kier molecular flexibility index (Phi) is 3.57. The van der Waals surface area contributed by atoms with E-state index < -0.39 is 5.60 Å². The summed E-state index contributed by atoms with van der Waals surface area (Å²) in [6.07, 6.45) is 0.809. The van der Waals surface area contributed by atoms with Crippen LogP contribution in [0.4, 0.5) is 0 Å². The van der Waals surface area contributed by atoms with E-state index in [0.29, 0.717) is 11.8 Å². The summed E-state index contributed by atoms with van der Waals surface area (Å²) in [6.45, 7) is 5.95. The maximum Gasteiger partial charge on any atom is 0.103 e. The molecule has 1 aromatic rings. The topological polar surface area (TPSA) is 32.3 Å². The summed E-state index contributed by atoms with van der Waals surface area (Å²) in [4.78, 5) is 1.27. The zero-order chi connectivity index (χ0) is 11.6. The summed E-state index contributed by atoms with van der Waals surface area (Å²) in [7, 11) is 0. The van der Waals surface area contributed by atoms with E-state index in [1.807, 2.05) is 11.8 Å². The number of hydrogen-bond acceptors (Lipinski definition) is 3. The highest BCUT2D eigenvalue weighted by atomic mass is 32.2. The van der Waals surface area contributed by atoms with Crippen LogP contribution in [-0.2, 0) is 5.60 Å². The van der Waals surface area contributed by atoms with Gasteiger partial charge in [-0.3, -0.25) is 0 Å². The molecule has 0 radical (unpaired) electrons. The number of aliphatic hydroxyl groups is 1. The minimum absolute atomic E-state index is 0.599. The molecule has 1 aliphatic rings. The molecule has 0 aromatic heterocycles. The second-order valence-corrected chi connectivity index (χ2v) is 6.30. The van der Waals surface area contributed by atoms with E-state index in [-0.39, 0.29) is 0 Å². The Bertz CT molecular complexity index is 341. The molecule has 0 saturated carbocycles. The fraction of sp³-hybridized carbons (Fsp3) is 0.538. The molecule has 3 heteroatoms.